The molecule has 1 aliphatic rings. The minimum absolute atomic E-state index is 0.276. The molecule has 7 nitrogen and oxygen atoms in total. The summed E-state index contributed by atoms with van der Waals surface area (Å²) in [5.41, 5.74) is -0.819. The predicted octanol–water partition coefficient (Wildman–Crippen LogP) is 1.58. The molecular formula is C13H21NO6P2. The van der Waals surface area contributed by atoms with E-state index in [2.05, 4.69) is 0 Å². The molecule has 0 saturated carbocycles. The van der Waals surface area contributed by atoms with Crippen LogP contribution in [0.5, 0.6) is 0 Å². The van der Waals surface area contributed by atoms with Gasteiger partial charge in [0.2, 0.25) is 5.52 Å². The van der Waals surface area contributed by atoms with Crippen molar-refractivity contribution in [3.8, 4) is 0 Å². The van der Waals surface area contributed by atoms with Gasteiger partial charge in [0.15, 0.2) is 0 Å². The van der Waals surface area contributed by atoms with E-state index in [0.29, 0.717) is 18.8 Å². The lowest BCUT2D eigenvalue weighted by molar-refractivity contribution is 0.164. The number of nitrogens with zero attached hydrogens (tertiary/aromatic N) is 1. The van der Waals surface area contributed by atoms with Crippen molar-refractivity contribution in [2.45, 2.75) is 24.8 Å². The summed E-state index contributed by atoms with van der Waals surface area (Å²) in [7, 11) is -9.78. The summed E-state index contributed by atoms with van der Waals surface area (Å²) in [6, 6.07) is 9.92. The highest BCUT2D eigenvalue weighted by atomic mass is 31.2. The van der Waals surface area contributed by atoms with Gasteiger partial charge in [0.25, 0.3) is 0 Å². The van der Waals surface area contributed by atoms with Crippen LogP contribution in [0.15, 0.2) is 30.3 Å². The van der Waals surface area contributed by atoms with E-state index in [0.717, 1.165) is 6.42 Å². The maximum atomic E-state index is 11.4. The molecule has 0 amide bonds. The third-order valence-corrected chi connectivity index (χ3v) is 7.61. The normalized spacial score (nSPS) is 18.8. The predicted molar refractivity (Wildman–Crippen MR) is 82.3 cm³/mol. The van der Waals surface area contributed by atoms with E-state index >= 15 is 0 Å². The van der Waals surface area contributed by atoms with Crippen molar-refractivity contribution in [3.63, 3.8) is 0 Å². The molecule has 1 fully saturated rings. The molecule has 0 aromatic heterocycles. The first-order chi connectivity index (χ1) is 10.2. The van der Waals surface area contributed by atoms with Crippen molar-refractivity contribution in [1.82, 2.24) is 4.90 Å². The van der Waals surface area contributed by atoms with Gasteiger partial charge in [0.05, 0.1) is 0 Å². The van der Waals surface area contributed by atoms with Crippen LogP contribution in [0.25, 0.3) is 0 Å². The molecular weight excluding hydrogens is 328 g/mol. The van der Waals surface area contributed by atoms with Gasteiger partial charge in [-0.1, -0.05) is 30.3 Å². The Hall–Kier alpha value is -0.520. The van der Waals surface area contributed by atoms with Gasteiger partial charge in [-0.3, -0.25) is 14.0 Å². The van der Waals surface area contributed by atoms with Crippen molar-refractivity contribution in [2.24, 2.45) is 5.92 Å². The van der Waals surface area contributed by atoms with Gasteiger partial charge in [-0.15, -0.1) is 0 Å². The zero-order valence-electron chi connectivity index (χ0n) is 12.0. The van der Waals surface area contributed by atoms with Crippen LogP contribution in [0.3, 0.4) is 0 Å². The largest absolute Gasteiger partial charge is 0.354 e. The van der Waals surface area contributed by atoms with Crippen LogP contribution in [0.2, 0.25) is 0 Å². The van der Waals surface area contributed by atoms with E-state index in [-0.39, 0.29) is 13.1 Å². The fraction of sp³-hybridized carbons (Fsp3) is 0.538. The minimum atomic E-state index is -4.89. The van der Waals surface area contributed by atoms with Gasteiger partial charge in [0.1, 0.15) is 0 Å². The van der Waals surface area contributed by atoms with Crippen LogP contribution >= 0.6 is 15.2 Å². The Kier molecular flexibility index (Phi) is 5.62. The van der Waals surface area contributed by atoms with Gasteiger partial charge >= 0.3 is 15.2 Å². The molecule has 0 unspecified atom stereocenters. The Morgan fingerprint density at radius 1 is 1.00 bits per heavy atom. The first kappa shape index (κ1) is 17.8. The highest BCUT2D eigenvalue weighted by molar-refractivity contribution is 7.70. The van der Waals surface area contributed by atoms with E-state index in [4.69, 9.17) is 0 Å². The first-order valence-corrected chi connectivity index (χ1v) is 10.4. The molecule has 1 saturated heterocycles. The van der Waals surface area contributed by atoms with Crippen molar-refractivity contribution >= 4 is 15.2 Å². The van der Waals surface area contributed by atoms with E-state index in [1.807, 2.05) is 30.3 Å². The second kappa shape index (κ2) is 6.93. The Morgan fingerprint density at radius 3 is 1.95 bits per heavy atom. The number of hydrogen-bond donors (Lipinski definition) is 4. The van der Waals surface area contributed by atoms with Gasteiger partial charge in [0, 0.05) is 0 Å². The molecule has 1 aromatic rings. The van der Waals surface area contributed by atoms with E-state index in [9.17, 15) is 28.7 Å². The number of benzene rings is 1. The average Bonchev–Trinajstić information content (AvgIpc) is 2.39. The van der Waals surface area contributed by atoms with Crippen LogP contribution in [-0.2, 0) is 15.6 Å². The van der Waals surface area contributed by atoms with Crippen molar-refractivity contribution in [2.75, 3.05) is 13.1 Å². The number of rotatable bonds is 5. The molecule has 0 aliphatic carbocycles. The lowest BCUT2D eigenvalue weighted by atomic mass is 9.90. The topological polar surface area (TPSA) is 118 Å². The summed E-state index contributed by atoms with van der Waals surface area (Å²) in [4.78, 5) is 38.2. The molecule has 0 bridgehead atoms. The third-order valence-electron chi connectivity index (χ3n) is 3.94. The van der Waals surface area contributed by atoms with Crippen molar-refractivity contribution < 1.29 is 28.7 Å². The Balaban J connectivity index is 1.99. The fourth-order valence-corrected chi connectivity index (χ4v) is 5.84. The zero-order valence-corrected chi connectivity index (χ0v) is 13.8. The second-order valence-corrected chi connectivity index (χ2v) is 9.44. The lowest BCUT2D eigenvalue weighted by Crippen LogP contribution is -2.41. The smallest absolute Gasteiger partial charge is 0.323 e. The summed E-state index contributed by atoms with van der Waals surface area (Å²) in [5.74, 6) is 0.354. The highest BCUT2D eigenvalue weighted by Gasteiger charge is 2.48. The number of likely N-dealkylation sites (tertiary alicyclic amines) is 1. The lowest BCUT2D eigenvalue weighted by Gasteiger charge is -2.37. The fourth-order valence-electron chi connectivity index (χ4n) is 2.96. The monoisotopic (exact) mass is 349 g/mol. The van der Waals surface area contributed by atoms with Gasteiger partial charge in [-0.2, -0.15) is 0 Å². The molecule has 9 heteroatoms. The highest BCUT2D eigenvalue weighted by Crippen LogP contribution is 2.61. The molecule has 1 aromatic carbocycles. The first-order valence-electron chi connectivity index (χ1n) is 7.06. The molecule has 124 valence electrons. The Morgan fingerprint density at radius 2 is 1.50 bits per heavy atom. The summed E-state index contributed by atoms with van der Waals surface area (Å²) >= 11 is 0. The van der Waals surface area contributed by atoms with Crippen molar-refractivity contribution in [1.29, 1.82) is 0 Å². The van der Waals surface area contributed by atoms with Crippen LogP contribution in [0.4, 0.5) is 0 Å². The maximum Gasteiger partial charge on any atom is 0.354 e. The molecule has 0 radical (unpaired) electrons. The summed E-state index contributed by atoms with van der Waals surface area (Å²) in [5, 5.41) is 0. The molecule has 4 N–H and O–H groups in total. The van der Waals surface area contributed by atoms with Crippen LogP contribution in [-0.4, -0.2) is 43.1 Å². The van der Waals surface area contributed by atoms with Gasteiger partial charge in [-0.25, -0.2) is 0 Å². The van der Waals surface area contributed by atoms with E-state index in [1.165, 1.54) is 10.5 Å². The molecule has 1 heterocycles. The SMILES string of the molecule is O=P(O)(O)C(N1CCC(Cc2ccccc2)CC1)P(=O)(O)O. The van der Waals surface area contributed by atoms with E-state index in [1.54, 1.807) is 0 Å². The average molecular weight is 349 g/mol. The summed E-state index contributed by atoms with van der Waals surface area (Å²) < 4.78 is 22.8. The van der Waals surface area contributed by atoms with Gasteiger partial charge < -0.3 is 19.6 Å². The van der Waals surface area contributed by atoms with Crippen LogP contribution in [0, 0.1) is 5.92 Å². The molecule has 0 spiro atoms. The molecule has 0 atom stereocenters. The molecule has 1 aliphatic heterocycles. The number of piperidine rings is 1. The zero-order chi connectivity index (χ0) is 16.4. The summed E-state index contributed by atoms with van der Waals surface area (Å²) in [6.07, 6.45) is 2.18. The Labute approximate surface area is 129 Å². The second-order valence-electron chi connectivity index (χ2n) is 5.69. The van der Waals surface area contributed by atoms with Gasteiger partial charge in [-0.05, 0) is 43.8 Å². The Bertz CT molecular complexity index is 553. The standard InChI is InChI=1S/C13H21NO6P2/c15-21(16,17)13(22(18,19)20)14-8-6-12(7-9-14)10-11-4-2-1-3-5-11/h1-5,12-13H,6-10H2,(H2,15,16,17)(H2,18,19,20). The summed E-state index contributed by atoms with van der Waals surface area (Å²) in [6.45, 7) is 0.552. The third kappa shape index (κ3) is 4.74. The van der Waals surface area contributed by atoms with E-state index < -0.39 is 20.7 Å². The molecule has 22 heavy (non-hydrogen) atoms. The van der Waals surface area contributed by atoms with Crippen LogP contribution < -0.4 is 0 Å². The molecule has 2 rings (SSSR count). The minimum Gasteiger partial charge on any atom is -0.323 e. The van der Waals surface area contributed by atoms with Crippen molar-refractivity contribution in [3.05, 3.63) is 35.9 Å². The van der Waals surface area contributed by atoms with Crippen LogP contribution in [0.1, 0.15) is 18.4 Å². The number of hydrogen-bond acceptors (Lipinski definition) is 3. The maximum absolute atomic E-state index is 11.4. The quantitative estimate of drug-likeness (QED) is 0.596.